The molecule has 0 spiro atoms. The Morgan fingerprint density at radius 1 is 0.302 bits per heavy atom. The molecular formula is C115H122O14. The molecule has 7 aromatic rings. The molecule has 14 nitrogen and oxygen atoms in total. The van der Waals surface area contributed by atoms with Gasteiger partial charge in [-0.1, -0.05) is 138 Å². The number of rotatable bonds is 28. The molecule has 0 aromatic heterocycles. The van der Waals surface area contributed by atoms with Gasteiger partial charge in [-0.25, -0.2) is 24.0 Å². The Hall–Kier alpha value is -12.5. The molecule has 129 heavy (non-hydrogen) atoms. The van der Waals surface area contributed by atoms with E-state index in [1.54, 1.807) is 48.5 Å². The molecule has 6 fully saturated rings. The lowest BCUT2D eigenvalue weighted by Crippen LogP contribution is -2.39. The van der Waals surface area contributed by atoms with Crippen molar-refractivity contribution in [3.8, 4) is 88.3 Å². The van der Waals surface area contributed by atoms with Crippen molar-refractivity contribution in [3.63, 3.8) is 0 Å². The summed E-state index contributed by atoms with van der Waals surface area (Å²) in [5.41, 5.74) is 5.95. The van der Waals surface area contributed by atoms with E-state index in [1.807, 2.05) is 115 Å². The number of ether oxygens (including phenoxy) is 8. The van der Waals surface area contributed by atoms with Crippen LogP contribution in [-0.2, 0) is 38.1 Å². The molecule has 0 atom stereocenters. The third-order valence-corrected chi connectivity index (χ3v) is 27.2. The molecule has 0 heterocycles. The Labute approximate surface area is 764 Å². The van der Waals surface area contributed by atoms with Gasteiger partial charge in [0.25, 0.3) is 0 Å². The lowest BCUT2D eigenvalue weighted by Gasteiger charge is -2.41. The van der Waals surface area contributed by atoms with E-state index in [9.17, 15) is 28.8 Å². The van der Waals surface area contributed by atoms with E-state index < -0.39 is 46.5 Å². The number of Topliss-reactive ketones (excluding diaryl/α,β-unsaturated/α-hetero) is 1. The van der Waals surface area contributed by atoms with Crippen LogP contribution in [0.4, 0.5) is 0 Å². The second kappa shape index (κ2) is 47.0. The molecule has 7 aromatic carbocycles. The number of ketones is 1. The Morgan fingerprint density at radius 3 is 0.853 bits per heavy atom. The molecule has 0 N–H and O–H groups in total. The second-order valence-electron chi connectivity index (χ2n) is 36.5. The zero-order valence-electron chi connectivity index (χ0n) is 75.4. The summed E-state index contributed by atoms with van der Waals surface area (Å²) < 4.78 is 45.9. The zero-order chi connectivity index (χ0) is 90.2. The molecule has 0 amide bonds. The van der Waals surface area contributed by atoms with E-state index in [0.29, 0.717) is 135 Å². The Morgan fingerprint density at radius 2 is 0.558 bits per heavy atom. The van der Waals surface area contributed by atoms with Gasteiger partial charge in [0.15, 0.2) is 17.0 Å². The van der Waals surface area contributed by atoms with Crippen LogP contribution in [0.1, 0.15) is 282 Å². The molecule has 13 rings (SSSR count). The largest absolute Gasteiger partial charge is 0.493 e. The Kier molecular flexibility index (Phi) is 34.3. The highest BCUT2D eigenvalue weighted by Crippen LogP contribution is 2.49. The van der Waals surface area contributed by atoms with Crippen LogP contribution in [0.2, 0.25) is 0 Å². The summed E-state index contributed by atoms with van der Waals surface area (Å²) >= 11 is 0. The van der Waals surface area contributed by atoms with E-state index in [0.717, 1.165) is 143 Å². The van der Waals surface area contributed by atoms with E-state index in [4.69, 9.17) is 37.9 Å². The number of hydrogen-bond acceptors (Lipinski definition) is 14. The fourth-order valence-electron chi connectivity index (χ4n) is 19.1. The highest BCUT2D eigenvalue weighted by atomic mass is 16.6. The number of carbonyl (C=O) groups excluding carboxylic acids is 6. The molecule has 0 bridgehead atoms. The van der Waals surface area contributed by atoms with Gasteiger partial charge in [-0.3, -0.25) is 4.79 Å². The first-order valence-corrected chi connectivity index (χ1v) is 46.9. The fraction of sp³-hybridized carbons (Fsp3) is 0.426. The van der Waals surface area contributed by atoms with Crippen LogP contribution < -0.4 is 14.2 Å². The van der Waals surface area contributed by atoms with Gasteiger partial charge in [-0.15, -0.1) is 0 Å². The third-order valence-electron chi connectivity index (χ3n) is 27.2. The average Bonchev–Trinajstić information content (AvgIpc) is 0.807. The number of hydrogen-bond donors (Lipinski definition) is 0. The fourth-order valence-corrected chi connectivity index (χ4v) is 19.1. The minimum atomic E-state index is -0.973. The molecule has 14 heteroatoms. The van der Waals surface area contributed by atoms with Crippen LogP contribution in [0.5, 0.6) is 17.2 Å². The summed E-state index contributed by atoms with van der Waals surface area (Å²) in [5, 5.41) is 0. The maximum absolute atomic E-state index is 14.3. The summed E-state index contributed by atoms with van der Waals surface area (Å²) in [7, 11) is 0. The van der Waals surface area contributed by atoms with E-state index in [2.05, 4.69) is 112 Å². The first-order valence-electron chi connectivity index (χ1n) is 46.9. The van der Waals surface area contributed by atoms with Crippen LogP contribution in [0.25, 0.3) is 0 Å². The molecule has 0 aliphatic heterocycles. The highest BCUT2D eigenvalue weighted by Gasteiger charge is 2.44. The normalized spacial score (nSPS) is 23.3. The van der Waals surface area contributed by atoms with Gasteiger partial charge >= 0.3 is 29.8 Å². The zero-order valence-corrected chi connectivity index (χ0v) is 75.4. The maximum Gasteiger partial charge on any atom is 0.339 e. The SMILES string of the molecule is C=CC(=O)OCCCOc1ccc(C(=O)CC2(C#Cc3ccc(C#Cc4cc(C#Cc5ccc(C#CC6(OC(=O)c7ccc(OCCCOC(=O)C=C)cc7)CCC(C7CCC(C)CC7)CC6)cc5)cc(C#Cc5ccc(C#CC6(OC(=O)c7ccc(OCCCOC(=O)C=C)cc7)CCC(C7CCC(C)CC7)CC6)cc5)c4)cc3)CCC(C3CCC(C)CC3)CC2)cc1. The lowest BCUT2D eigenvalue weighted by molar-refractivity contribution is -0.138. The van der Waals surface area contributed by atoms with Crippen LogP contribution in [0.3, 0.4) is 0 Å². The van der Waals surface area contributed by atoms with Crippen LogP contribution in [-0.4, -0.2) is 86.5 Å². The first-order chi connectivity index (χ1) is 62.7. The molecule has 666 valence electrons. The number of esters is 5. The molecule has 0 unspecified atom stereocenters. The van der Waals surface area contributed by atoms with Crippen LogP contribution >= 0.6 is 0 Å². The van der Waals surface area contributed by atoms with Gasteiger partial charge in [0.2, 0.25) is 0 Å². The van der Waals surface area contributed by atoms with Crippen LogP contribution in [0, 0.1) is 130 Å². The predicted molar refractivity (Wildman–Crippen MR) is 504 cm³/mol. The summed E-state index contributed by atoms with van der Waals surface area (Å²) in [6.45, 7) is 19.1. The quantitative estimate of drug-likeness (QED) is 0.0113. The van der Waals surface area contributed by atoms with Gasteiger partial charge in [-0.2, -0.15) is 0 Å². The van der Waals surface area contributed by atoms with Crippen molar-refractivity contribution in [3.05, 3.63) is 269 Å². The standard InChI is InChI=1S/C115H122O14/c1-7-108(117)125-76-10-73-122-104-49-43-101(44-50-104)107(116)82-113(65-58-98(59-66-113)95-37-13-83(4)14-38-95)64-55-89-25-19-86(20-26-89)31-34-92-79-93(35-32-87-21-27-90(28-22-87)56-67-114(69-60-99(61-70-114)96-39-15-84(5)16-40-96)128-111(120)102-45-51-105(52-46-102)123-74-11-77-126-109(118)8-2)81-94(80-92)36-33-88-23-29-91(30-24-88)57-68-115(71-62-100(63-72-115)97-41-17-85(6)18-42-97)129-112(121)103-47-53-106(54-48-103)124-75-12-78-127-110(119)9-3/h7-9,19-30,43-54,79-81,83-85,95-100H,1-3,10-18,37-42,58-63,65-66,69-78,82H2,4-6H3. The average molecular weight is 1730 g/mol. The number of carbonyl (C=O) groups is 6. The number of benzene rings is 7. The van der Waals surface area contributed by atoms with E-state index >= 15 is 0 Å². The highest BCUT2D eigenvalue weighted by molar-refractivity contribution is 5.97. The monoisotopic (exact) mass is 1730 g/mol. The summed E-state index contributed by atoms with van der Waals surface area (Å²) in [4.78, 5) is 77.0. The minimum Gasteiger partial charge on any atom is -0.493 e. The van der Waals surface area contributed by atoms with Crippen molar-refractivity contribution in [2.75, 3.05) is 39.6 Å². The third kappa shape index (κ3) is 28.8. The first kappa shape index (κ1) is 94.2. The van der Waals surface area contributed by atoms with Crippen molar-refractivity contribution in [1.29, 1.82) is 0 Å². The molecule has 0 saturated heterocycles. The van der Waals surface area contributed by atoms with Gasteiger partial charge in [-0.05, 0) is 344 Å². The van der Waals surface area contributed by atoms with Gasteiger partial charge in [0.05, 0.1) is 50.8 Å². The smallest absolute Gasteiger partial charge is 0.339 e. The predicted octanol–water partition coefficient (Wildman–Crippen LogP) is 22.9. The molecular weight excluding hydrogens is 1610 g/mol. The van der Waals surface area contributed by atoms with Crippen molar-refractivity contribution in [1.82, 2.24) is 0 Å². The molecule has 0 radical (unpaired) electrons. The molecule has 6 aliphatic rings. The van der Waals surface area contributed by atoms with Crippen molar-refractivity contribution in [2.45, 2.75) is 212 Å². The topological polar surface area (TPSA) is 176 Å². The second-order valence-corrected chi connectivity index (χ2v) is 36.5. The van der Waals surface area contributed by atoms with Gasteiger partial charge < -0.3 is 37.9 Å². The van der Waals surface area contributed by atoms with E-state index in [1.165, 1.54) is 77.0 Å². The van der Waals surface area contributed by atoms with Gasteiger partial charge in [0, 0.05) is 105 Å². The molecule has 6 aliphatic carbocycles. The van der Waals surface area contributed by atoms with Gasteiger partial charge in [0.1, 0.15) is 17.2 Å². The summed E-state index contributed by atoms with van der Waals surface area (Å²) in [5.74, 6) is 47.4. The summed E-state index contributed by atoms with van der Waals surface area (Å²) in [6.07, 6.45) is 30.6. The summed E-state index contributed by atoms with van der Waals surface area (Å²) in [6, 6.07) is 50.8. The van der Waals surface area contributed by atoms with Crippen molar-refractivity contribution in [2.24, 2.45) is 58.7 Å². The Bertz CT molecular complexity index is 4870. The van der Waals surface area contributed by atoms with Crippen molar-refractivity contribution < 1.29 is 66.7 Å². The minimum absolute atomic E-state index is 0.0630. The Balaban J connectivity index is 0.739. The van der Waals surface area contributed by atoms with Crippen LogP contribution in [0.15, 0.2) is 202 Å². The lowest BCUT2D eigenvalue weighted by atomic mass is 9.63. The van der Waals surface area contributed by atoms with E-state index in [-0.39, 0.29) is 25.6 Å². The van der Waals surface area contributed by atoms with Crippen molar-refractivity contribution >= 4 is 35.6 Å². The maximum atomic E-state index is 14.3. The molecule has 6 saturated carbocycles.